The van der Waals surface area contributed by atoms with Gasteiger partial charge in [-0.3, -0.25) is 11.3 Å². The first kappa shape index (κ1) is 11.9. The molecule has 1 aromatic rings. The van der Waals surface area contributed by atoms with Crippen LogP contribution in [0.15, 0.2) is 18.2 Å². The third kappa shape index (κ3) is 3.49. The van der Waals surface area contributed by atoms with Crippen molar-refractivity contribution in [3.05, 3.63) is 35.1 Å². The molecule has 0 saturated heterocycles. The Bertz CT molecular complexity index is 335. The summed E-state index contributed by atoms with van der Waals surface area (Å²) in [5.74, 6) is 4.08. The van der Waals surface area contributed by atoms with Crippen molar-refractivity contribution >= 4 is 0 Å². The first-order valence-electron chi connectivity index (χ1n) is 4.23. The van der Waals surface area contributed by atoms with Crippen LogP contribution < -0.4 is 11.3 Å². The molecular formula is C9H10F4N2. The van der Waals surface area contributed by atoms with Crippen molar-refractivity contribution in [3.8, 4) is 0 Å². The van der Waals surface area contributed by atoms with Crippen molar-refractivity contribution in [2.24, 2.45) is 5.84 Å². The van der Waals surface area contributed by atoms with E-state index in [4.69, 9.17) is 5.84 Å². The summed E-state index contributed by atoms with van der Waals surface area (Å²) in [5.41, 5.74) is 1.58. The van der Waals surface area contributed by atoms with Crippen LogP contribution in [-0.2, 0) is 12.6 Å². The molecule has 1 aromatic carbocycles. The van der Waals surface area contributed by atoms with Gasteiger partial charge in [-0.15, -0.1) is 0 Å². The van der Waals surface area contributed by atoms with Crippen molar-refractivity contribution in [1.29, 1.82) is 0 Å². The van der Waals surface area contributed by atoms with Gasteiger partial charge in [0.2, 0.25) is 0 Å². The Morgan fingerprint density at radius 2 is 1.87 bits per heavy atom. The molecule has 84 valence electrons. The van der Waals surface area contributed by atoms with Gasteiger partial charge in [-0.1, -0.05) is 0 Å². The van der Waals surface area contributed by atoms with Crippen molar-refractivity contribution in [2.45, 2.75) is 12.6 Å². The second kappa shape index (κ2) is 4.59. The van der Waals surface area contributed by atoms with Gasteiger partial charge in [0.05, 0.1) is 5.56 Å². The maximum absolute atomic E-state index is 12.8. The zero-order valence-corrected chi connectivity index (χ0v) is 7.74. The maximum Gasteiger partial charge on any atom is 0.416 e. The molecule has 0 unspecified atom stereocenters. The van der Waals surface area contributed by atoms with Gasteiger partial charge < -0.3 is 0 Å². The van der Waals surface area contributed by atoms with E-state index in [1.165, 1.54) is 0 Å². The zero-order valence-electron chi connectivity index (χ0n) is 7.74. The van der Waals surface area contributed by atoms with Gasteiger partial charge in [0.25, 0.3) is 0 Å². The number of nitrogens with one attached hydrogen (secondary N) is 1. The number of rotatable bonds is 3. The highest BCUT2D eigenvalue weighted by Gasteiger charge is 2.31. The number of halogens is 4. The highest BCUT2D eigenvalue weighted by atomic mass is 19.4. The molecule has 0 spiro atoms. The minimum atomic E-state index is -4.52. The number of nitrogens with two attached hydrogens (primary N) is 1. The molecule has 0 amide bonds. The fourth-order valence-electron chi connectivity index (χ4n) is 1.17. The van der Waals surface area contributed by atoms with Gasteiger partial charge in [-0.2, -0.15) is 13.2 Å². The fraction of sp³-hybridized carbons (Fsp3) is 0.333. The normalized spacial score (nSPS) is 11.8. The monoisotopic (exact) mass is 222 g/mol. The van der Waals surface area contributed by atoms with E-state index in [9.17, 15) is 17.6 Å². The van der Waals surface area contributed by atoms with Gasteiger partial charge in [0, 0.05) is 6.54 Å². The van der Waals surface area contributed by atoms with E-state index in [1.807, 2.05) is 0 Å². The summed E-state index contributed by atoms with van der Waals surface area (Å²) in [7, 11) is 0. The van der Waals surface area contributed by atoms with Crippen molar-refractivity contribution in [1.82, 2.24) is 5.43 Å². The molecular weight excluding hydrogens is 212 g/mol. The Morgan fingerprint density at radius 1 is 1.20 bits per heavy atom. The van der Waals surface area contributed by atoms with Gasteiger partial charge >= 0.3 is 6.18 Å². The lowest BCUT2D eigenvalue weighted by Gasteiger charge is -2.09. The Balaban J connectivity index is 2.95. The molecule has 0 fully saturated rings. The molecule has 0 bridgehead atoms. The number of benzene rings is 1. The predicted octanol–water partition coefficient (Wildman–Crippen LogP) is 1.85. The Kier molecular flexibility index (Phi) is 3.65. The van der Waals surface area contributed by atoms with E-state index in [2.05, 4.69) is 5.43 Å². The van der Waals surface area contributed by atoms with Gasteiger partial charge in [-0.25, -0.2) is 4.39 Å². The molecule has 0 saturated carbocycles. The maximum atomic E-state index is 12.8. The Morgan fingerprint density at radius 3 is 2.40 bits per heavy atom. The lowest BCUT2D eigenvalue weighted by atomic mass is 10.1. The minimum Gasteiger partial charge on any atom is -0.271 e. The molecule has 0 heterocycles. The zero-order chi connectivity index (χ0) is 11.5. The summed E-state index contributed by atoms with van der Waals surface area (Å²) >= 11 is 0. The molecule has 0 aliphatic rings. The molecule has 6 heteroatoms. The van der Waals surface area contributed by atoms with Crippen LogP contribution in [0.5, 0.6) is 0 Å². The van der Waals surface area contributed by atoms with Gasteiger partial charge in [0.15, 0.2) is 0 Å². The number of alkyl halides is 3. The van der Waals surface area contributed by atoms with E-state index < -0.39 is 17.6 Å². The third-order valence-electron chi connectivity index (χ3n) is 1.84. The van der Waals surface area contributed by atoms with Crippen LogP contribution in [0.25, 0.3) is 0 Å². The first-order chi connectivity index (χ1) is 6.93. The highest BCUT2D eigenvalue weighted by molar-refractivity contribution is 5.27. The van der Waals surface area contributed by atoms with Crippen LogP contribution in [0.4, 0.5) is 17.6 Å². The molecule has 3 N–H and O–H groups in total. The lowest BCUT2D eigenvalue weighted by Crippen LogP contribution is -2.24. The summed E-state index contributed by atoms with van der Waals surface area (Å²) in [6, 6.07) is 2.45. The summed E-state index contributed by atoms with van der Waals surface area (Å²) < 4.78 is 49.6. The lowest BCUT2D eigenvalue weighted by molar-refractivity contribution is -0.137. The van der Waals surface area contributed by atoms with Crippen molar-refractivity contribution in [3.63, 3.8) is 0 Å². The van der Waals surface area contributed by atoms with E-state index in [0.717, 1.165) is 12.1 Å². The number of hydrogen-bond donors (Lipinski definition) is 2. The smallest absolute Gasteiger partial charge is 0.271 e. The topological polar surface area (TPSA) is 38.0 Å². The third-order valence-corrected chi connectivity index (χ3v) is 1.84. The summed E-state index contributed by atoms with van der Waals surface area (Å²) in [6.07, 6.45) is -4.27. The van der Waals surface area contributed by atoms with Gasteiger partial charge in [0.1, 0.15) is 5.82 Å². The minimum absolute atomic E-state index is 0.247. The highest BCUT2D eigenvalue weighted by Crippen LogP contribution is 2.30. The summed E-state index contributed by atoms with van der Waals surface area (Å²) in [6.45, 7) is 0.292. The second-order valence-corrected chi connectivity index (χ2v) is 3.05. The summed E-state index contributed by atoms with van der Waals surface area (Å²) in [5, 5.41) is 0. The van der Waals surface area contributed by atoms with Crippen LogP contribution in [-0.4, -0.2) is 6.54 Å². The molecule has 0 atom stereocenters. The summed E-state index contributed by atoms with van der Waals surface area (Å²) in [4.78, 5) is 0. The molecule has 0 radical (unpaired) electrons. The quantitative estimate of drug-likeness (QED) is 0.465. The molecule has 2 nitrogen and oxygen atoms in total. The van der Waals surface area contributed by atoms with Gasteiger partial charge in [-0.05, 0) is 30.2 Å². The van der Waals surface area contributed by atoms with Crippen LogP contribution in [0.1, 0.15) is 11.1 Å². The predicted molar refractivity (Wildman–Crippen MR) is 47.3 cm³/mol. The van der Waals surface area contributed by atoms with Crippen molar-refractivity contribution < 1.29 is 17.6 Å². The van der Waals surface area contributed by atoms with Crippen LogP contribution in [0, 0.1) is 5.82 Å². The SMILES string of the molecule is NNCCc1cc(F)cc(C(F)(F)F)c1. The van der Waals surface area contributed by atoms with E-state index in [0.29, 0.717) is 12.6 Å². The number of hydrazine groups is 1. The average molecular weight is 222 g/mol. The Hall–Kier alpha value is -1.14. The molecule has 0 aliphatic carbocycles. The van der Waals surface area contributed by atoms with Crippen LogP contribution in [0.2, 0.25) is 0 Å². The molecule has 0 aromatic heterocycles. The molecule has 1 rings (SSSR count). The van der Waals surface area contributed by atoms with Crippen molar-refractivity contribution in [2.75, 3.05) is 6.54 Å². The molecule has 0 aliphatic heterocycles. The van der Waals surface area contributed by atoms with Crippen LogP contribution >= 0.6 is 0 Å². The van der Waals surface area contributed by atoms with Crippen LogP contribution in [0.3, 0.4) is 0 Å². The first-order valence-corrected chi connectivity index (χ1v) is 4.23. The largest absolute Gasteiger partial charge is 0.416 e. The standard InChI is InChI=1S/C9H10F4N2/c10-8-4-6(1-2-15-14)3-7(5-8)9(11,12)13/h3-5,15H,1-2,14H2. The fourth-order valence-corrected chi connectivity index (χ4v) is 1.17. The van der Waals surface area contributed by atoms with E-state index >= 15 is 0 Å². The van der Waals surface area contributed by atoms with E-state index in [1.54, 1.807) is 0 Å². The molecule has 15 heavy (non-hydrogen) atoms. The average Bonchev–Trinajstić information content (AvgIpc) is 2.12. The second-order valence-electron chi connectivity index (χ2n) is 3.05. The van der Waals surface area contributed by atoms with E-state index in [-0.39, 0.29) is 12.0 Å². The number of hydrogen-bond acceptors (Lipinski definition) is 2. The Labute approximate surface area is 84.0 Å².